The molecule has 5 aromatic rings. The lowest BCUT2D eigenvalue weighted by molar-refractivity contribution is -0.384. The van der Waals surface area contributed by atoms with Crippen LogP contribution in [0.5, 0.6) is 0 Å². The van der Waals surface area contributed by atoms with Crippen molar-refractivity contribution in [3.63, 3.8) is 0 Å². The molecule has 0 radical (unpaired) electrons. The van der Waals surface area contributed by atoms with Crippen molar-refractivity contribution in [2.75, 3.05) is 37.6 Å². The summed E-state index contributed by atoms with van der Waals surface area (Å²) in [7, 11) is -3.98. The van der Waals surface area contributed by atoms with Gasteiger partial charge in [0.25, 0.3) is 5.69 Å². The molecule has 4 atom stereocenters. The number of carbonyl (C=O) groups excluding carboxylic acids is 1. The van der Waals surface area contributed by atoms with Gasteiger partial charge in [0.1, 0.15) is 6.04 Å². The first kappa shape index (κ1) is 41.7. The molecular weight excluding hydrogens is 771 g/mol. The highest BCUT2D eigenvalue weighted by atomic mass is 32.2. The maximum atomic E-state index is 13.6. The minimum absolute atomic E-state index is 0.0461. The van der Waals surface area contributed by atoms with Crippen molar-refractivity contribution in [3.05, 3.63) is 171 Å². The number of piperazine rings is 1. The Labute approximate surface area is 344 Å². The van der Waals surface area contributed by atoms with E-state index in [0.717, 1.165) is 65.2 Å². The number of rotatable bonds is 15. The van der Waals surface area contributed by atoms with Crippen LogP contribution in [0.2, 0.25) is 0 Å². The Morgan fingerprint density at radius 1 is 0.814 bits per heavy atom. The average molecular weight is 820 g/mol. The maximum absolute atomic E-state index is 13.6. The maximum Gasteiger partial charge on any atom is 0.269 e. The summed E-state index contributed by atoms with van der Waals surface area (Å²) in [5, 5.41) is 23.7. The first-order valence-electron chi connectivity index (χ1n) is 19.7. The topological polar surface area (TPSA) is 164 Å². The van der Waals surface area contributed by atoms with E-state index in [1.165, 1.54) is 24.3 Å². The first-order valence-corrected chi connectivity index (χ1v) is 21.2. The second-order valence-electron chi connectivity index (χ2n) is 15.0. The van der Waals surface area contributed by atoms with Gasteiger partial charge in [0, 0.05) is 69.1 Å². The van der Waals surface area contributed by atoms with Crippen molar-refractivity contribution in [2.45, 2.75) is 62.4 Å². The normalized spacial score (nSPS) is 19.2. The number of nitro benzene ring substituents is 1. The molecule has 2 aliphatic heterocycles. The molecule has 3 N–H and O–H groups in total. The summed E-state index contributed by atoms with van der Waals surface area (Å²) in [4.78, 5) is 29.0. The number of nitrogens with one attached hydrogen (secondary N) is 2. The molecule has 308 valence electrons. The van der Waals surface area contributed by atoms with Crippen LogP contribution in [0.25, 0.3) is 0 Å². The zero-order valence-electron chi connectivity index (χ0n) is 32.9. The van der Waals surface area contributed by atoms with Crippen LogP contribution in [0.1, 0.15) is 52.2 Å². The highest BCUT2D eigenvalue weighted by Crippen LogP contribution is 2.38. The quantitative estimate of drug-likeness (QED) is 0.0848. The molecule has 0 aromatic heterocycles. The lowest BCUT2D eigenvalue weighted by atomic mass is 9.99. The molecule has 2 aliphatic rings. The number of non-ortho nitro benzene ring substituents is 1. The third-order valence-electron chi connectivity index (χ3n) is 10.8. The number of sulfonamides is 1. The molecule has 1 amide bonds. The molecule has 13 nitrogen and oxygen atoms in total. The Kier molecular flexibility index (Phi) is 13.5. The van der Waals surface area contributed by atoms with Crippen LogP contribution in [0.3, 0.4) is 0 Å². The molecule has 2 saturated heterocycles. The average Bonchev–Trinajstić information content (AvgIpc) is 3.26. The monoisotopic (exact) mass is 819 g/mol. The Morgan fingerprint density at radius 2 is 1.46 bits per heavy atom. The molecule has 2 fully saturated rings. The van der Waals surface area contributed by atoms with Crippen LogP contribution < -0.4 is 14.9 Å². The molecule has 0 saturated carbocycles. The summed E-state index contributed by atoms with van der Waals surface area (Å²) < 4.78 is 42.5. The molecule has 0 bridgehead atoms. The number of anilines is 1. The van der Waals surface area contributed by atoms with Gasteiger partial charge in [-0.05, 0) is 59.9 Å². The van der Waals surface area contributed by atoms with Crippen LogP contribution in [-0.4, -0.2) is 74.1 Å². The lowest BCUT2D eigenvalue weighted by Gasteiger charge is -2.41. The standard InChI is InChI=1S/C45H49N5O8S/c1-32-7-21-41(22-8-32)59(55,56)47-42(27-33-5-3-2-4-6-33)44(52)46-29-34-9-15-37(16-10-34)45-57-40(28-43(58-45)36-13-11-35(31-51)12-14-36)30-48-23-25-49(26-24-48)38-17-19-39(20-18-38)50(53)54/h2-22,40,42-43,45,47,51H,23-31H2,1H3,(H,46,52). The van der Waals surface area contributed by atoms with E-state index in [4.69, 9.17) is 9.47 Å². The number of ether oxygens (including phenoxy) is 2. The fraction of sp³-hybridized carbons (Fsp3) is 0.311. The Bertz CT molecular complexity index is 2270. The van der Waals surface area contributed by atoms with Gasteiger partial charge >= 0.3 is 0 Å². The molecule has 4 unspecified atom stereocenters. The number of benzene rings is 5. The molecule has 0 aliphatic carbocycles. The van der Waals surface area contributed by atoms with Gasteiger partial charge in [-0.2, -0.15) is 4.72 Å². The lowest BCUT2D eigenvalue weighted by Crippen LogP contribution is -2.49. The van der Waals surface area contributed by atoms with E-state index >= 15 is 0 Å². The first-order chi connectivity index (χ1) is 28.5. The van der Waals surface area contributed by atoms with E-state index in [0.29, 0.717) is 13.0 Å². The number of nitro groups is 1. The van der Waals surface area contributed by atoms with Gasteiger partial charge < -0.3 is 24.8 Å². The predicted octanol–water partition coefficient (Wildman–Crippen LogP) is 5.97. The molecular formula is C45H49N5O8S. The van der Waals surface area contributed by atoms with E-state index < -0.39 is 28.3 Å². The molecule has 14 heteroatoms. The zero-order chi connectivity index (χ0) is 41.4. The van der Waals surface area contributed by atoms with Crippen LogP contribution in [-0.2, 0) is 43.9 Å². The van der Waals surface area contributed by atoms with Crippen LogP contribution in [0.4, 0.5) is 11.4 Å². The largest absolute Gasteiger partial charge is 0.392 e. The number of nitrogens with zero attached hydrogens (tertiary/aromatic N) is 3. The number of aliphatic hydroxyl groups is 1. The Hall–Kier alpha value is -5.48. The van der Waals surface area contributed by atoms with Gasteiger partial charge in [0.15, 0.2) is 6.29 Å². The zero-order valence-corrected chi connectivity index (χ0v) is 33.7. The van der Waals surface area contributed by atoms with E-state index in [1.54, 1.807) is 24.3 Å². The fourth-order valence-electron chi connectivity index (χ4n) is 7.41. The molecule has 5 aromatic carbocycles. The van der Waals surface area contributed by atoms with E-state index in [2.05, 4.69) is 19.8 Å². The highest BCUT2D eigenvalue weighted by molar-refractivity contribution is 7.89. The van der Waals surface area contributed by atoms with Crippen molar-refractivity contribution in [1.82, 2.24) is 14.9 Å². The van der Waals surface area contributed by atoms with Gasteiger partial charge in [-0.3, -0.25) is 19.8 Å². The molecule has 0 spiro atoms. The summed E-state index contributed by atoms with van der Waals surface area (Å²) in [6.45, 7) is 5.87. The predicted molar refractivity (Wildman–Crippen MR) is 224 cm³/mol. The second kappa shape index (κ2) is 19.1. The van der Waals surface area contributed by atoms with Crippen molar-refractivity contribution in [2.24, 2.45) is 0 Å². The number of hydrogen-bond donors (Lipinski definition) is 3. The van der Waals surface area contributed by atoms with E-state index in [9.17, 15) is 28.4 Å². The molecule has 7 rings (SSSR count). The fourth-order valence-corrected chi connectivity index (χ4v) is 8.61. The minimum Gasteiger partial charge on any atom is -0.392 e. The summed E-state index contributed by atoms with van der Waals surface area (Å²) in [6.07, 6.45) is -0.246. The van der Waals surface area contributed by atoms with Gasteiger partial charge in [0.05, 0.1) is 28.6 Å². The van der Waals surface area contributed by atoms with Gasteiger partial charge in [-0.25, -0.2) is 8.42 Å². The van der Waals surface area contributed by atoms with Gasteiger partial charge in [-0.15, -0.1) is 0 Å². The number of aryl methyl sites for hydroxylation is 1. The summed E-state index contributed by atoms with van der Waals surface area (Å²) in [6, 6.07) is 36.8. The second-order valence-corrected chi connectivity index (χ2v) is 16.8. The van der Waals surface area contributed by atoms with Gasteiger partial charge in [-0.1, -0.05) is 96.6 Å². The third-order valence-corrected chi connectivity index (χ3v) is 12.3. The number of aliphatic hydroxyl groups excluding tert-OH is 1. The van der Waals surface area contributed by atoms with Crippen LogP contribution >= 0.6 is 0 Å². The Balaban J connectivity index is 1.00. The van der Waals surface area contributed by atoms with E-state index in [1.807, 2.05) is 85.8 Å². The van der Waals surface area contributed by atoms with Crippen molar-refractivity contribution in [3.8, 4) is 0 Å². The van der Waals surface area contributed by atoms with Crippen molar-refractivity contribution in [1.29, 1.82) is 0 Å². The molecule has 59 heavy (non-hydrogen) atoms. The summed E-state index contributed by atoms with van der Waals surface area (Å²) in [5.74, 6) is -0.445. The van der Waals surface area contributed by atoms with Crippen LogP contribution in [0, 0.1) is 17.0 Å². The van der Waals surface area contributed by atoms with Crippen LogP contribution in [0.15, 0.2) is 132 Å². The van der Waals surface area contributed by atoms with E-state index in [-0.39, 0.29) is 47.3 Å². The summed E-state index contributed by atoms with van der Waals surface area (Å²) >= 11 is 0. The third kappa shape index (κ3) is 11.0. The number of hydrogen-bond acceptors (Lipinski definition) is 10. The molecule has 2 heterocycles. The van der Waals surface area contributed by atoms with Crippen molar-refractivity contribution < 1.29 is 32.7 Å². The SMILES string of the molecule is Cc1ccc(S(=O)(=O)NC(Cc2ccccc2)C(=O)NCc2ccc(C3OC(CN4CCN(c5ccc([N+](=O)[O-])cc5)CC4)CC(c4ccc(CO)cc4)O3)cc2)cc1. The smallest absolute Gasteiger partial charge is 0.269 e. The number of amides is 1. The van der Waals surface area contributed by atoms with Gasteiger partial charge in [0.2, 0.25) is 15.9 Å². The number of carbonyl (C=O) groups is 1. The minimum atomic E-state index is -3.98. The Morgan fingerprint density at radius 3 is 2.10 bits per heavy atom. The highest BCUT2D eigenvalue weighted by Gasteiger charge is 2.34. The van der Waals surface area contributed by atoms with Crippen molar-refractivity contribution >= 4 is 27.3 Å². The summed E-state index contributed by atoms with van der Waals surface area (Å²) in [5.41, 5.74) is 6.23.